The standard InChI is InChI=1S/C9H19NO/c1-8-4-3-5-9(8)10-6-7-11-2/h8-10H,3-7H2,1-2H3/t8-,9+/m1/s1. The zero-order valence-electron chi connectivity index (χ0n) is 7.60. The third-order valence-corrected chi connectivity index (χ3v) is 2.57. The van der Waals surface area contributed by atoms with E-state index in [9.17, 15) is 0 Å². The van der Waals surface area contributed by atoms with Gasteiger partial charge in [-0.05, 0) is 18.8 Å². The molecular weight excluding hydrogens is 138 g/mol. The first-order valence-electron chi connectivity index (χ1n) is 4.57. The zero-order valence-corrected chi connectivity index (χ0v) is 7.60. The molecule has 1 aliphatic rings. The van der Waals surface area contributed by atoms with E-state index in [1.165, 1.54) is 19.3 Å². The van der Waals surface area contributed by atoms with Gasteiger partial charge in [-0.2, -0.15) is 0 Å². The Morgan fingerprint density at radius 2 is 2.27 bits per heavy atom. The van der Waals surface area contributed by atoms with Gasteiger partial charge in [-0.15, -0.1) is 0 Å². The third kappa shape index (κ3) is 2.80. The summed E-state index contributed by atoms with van der Waals surface area (Å²) >= 11 is 0. The van der Waals surface area contributed by atoms with Gasteiger partial charge < -0.3 is 10.1 Å². The van der Waals surface area contributed by atoms with Crippen molar-refractivity contribution in [1.29, 1.82) is 0 Å². The highest BCUT2D eigenvalue weighted by Crippen LogP contribution is 2.24. The van der Waals surface area contributed by atoms with E-state index in [2.05, 4.69) is 12.2 Å². The number of rotatable bonds is 4. The quantitative estimate of drug-likeness (QED) is 0.623. The molecule has 0 spiro atoms. The molecule has 0 saturated heterocycles. The van der Waals surface area contributed by atoms with Gasteiger partial charge in [0.25, 0.3) is 0 Å². The van der Waals surface area contributed by atoms with Gasteiger partial charge in [0.15, 0.2) is 0 Å². The van der Waals surface area contributed by atoms with Crippen LogP contribution in [0.3, 0.4) is 0 Å². The van der Waals surface area contributed by atoms with Crippen molar-refractivity contribution in [3.8, 4) is 0 Å². The van der Waals surface area contributed by atoms with Crippen LogP contribution in [0.2, 0.25) is 0 Å². The van der Waals surface area contributed by atoms with Crippen molar-refractivity contribution in [3.63, 3.8) is 0 Å². The fourth-order valence-corrected chi connectivity index (χ4v) is 1.80. The maximum absolute atomic E-state index is 4.97. The second kappa shape index (κ2) is 4.73. The summed E-state index contributed by atoms with van der Waals surface area (Å²) in [4.78, 5) is 0. The van der Waals surface area contributed by atoms with Gasteiger partial charge >= 0.3 is 0 Å². The molecule has 0 heterocycles. The van der Waals surface area contributed by atoms with Crippen LogP contribution >= 0.6 is 0 Å². The van der Waals surface area contributed by atoms with Crippen LogP contribution in [0.1, 0.15) is 26.2 Å². The van der Waals surface area contributed by atoms with Gasteiger partial charge in [-0.1, -0.05) is 13.3 Å². The van der Waals surface area contributed by atoms with Crippen molar-refractivity contribution in [2.24, 2.45) is 5.92 Å². The Morgan fingerprint density at radius 1 is 1.45 bits per heavy atom. The van der Waals surface area contributed by atoms with E-state index in [1.54, 1.807) is 7.11 Å². The number of hydrogen-bond acceptors (Lipinski definition) is 2. The van der Waals surface area contributed by atoms with E-state index in [-0.39, 0.29) is 0 Å². The lowest BCUT2D eigenvalue weighted by Crippen LogP contribution is -2.33. The first-order valence-corrected chi connectivity index (χ1v) is 4.57. The van der Waals surface area contributed by atoms with E-state index in [4.69, 9.17) is 4.74 Å². The van der Waals surface area contributed by atoms with Crippen LogP contribution in [0, 0.1) is 5.92 Å². The second-order valence-corrected chi connectivity index (χ2v) is 3.46. The SMILES string of the molecule is COCCN[C@H]1CCC[C@H]1C. The molecule has 0 aliphatic heterocycles. The minimum Gasteiger partial charge on any atom is -0.383 e. The number of nitrogens with one attached hydrogen (secondary N) is 1. The Morgan fingerprint density at radius 3 is 2.82 bits per heavy atom. The van der Waals surface area contributed by atoms with Gasteiger partial charge in [0.1, 0.15) is 0 Å². The molecule has 2 atom stereocenters. The molecule has 1 aliphatic carbocycles. The number of ether oxygens (including phenoxy) is 1. The zero-order chi connectivity index (χ0) is 8.10. The molecule has 11 heavy (non-hydrogen) atoms. The number of hydrogen-bond donors (Lipinski definition) is 1. The first kappa shape index (κ1) is 9.01. The van der Waals surface area contributed by atoms with Crippen molar-refractivity contribution in [2.75, 3.05) is 20.3 Å². The molecule has 0 aromatic carbocycles. The van der Waals surface area contributed by atoms with Gasteiger partial charge in [-0.3, -0.25) is 0 Å². The Labute approximate surface area is 69.3 Å². The Kier molecular flexibility index (Phi) is 3.87. The average Bonchev–Trinajstić information content (AvgIpc) is 2.37. The molecule has 1 N–H and O–H groups in total. The Balaban J connectivity index is 2.05. The van der Waals surface area contributed by atoms with Crippen molar-refractivity contribution in [1.82, 2.24) is 5.32 Å². The third-order valence-electron chi connectivity index (χ3n) is 2.57. The van der Waals surface area contributed by atoms with Crippen LogP contribution in [0.25, 0.3) is 0 Å². The van der Waals surface area contributed by atoms with Crippen molar-refractivity contribution in [2.45, 2.75) is 32.2 Å². The van der Waals surface area contributed by atoms with Gasteiger partial charge in [-0.25, -0.2) is 0 Å². The highest BCUT2D eigenvalue weighted by molar-refractivity contribution is 4.79. The van der Waals surface area contributed by atoms with Crippen molar-refractivity contribution < 1.29 is 4.74 Å². The van der Waals surface area contributed by atoms with E-state index in [1.807, 2.05) is 0 Å². The molecule has 0 unspecified atom stereocenters. The Bertz CT molecular complexity index is 106. The van der Waals surface area contributed by atoms with Gasteiger partial charge in [0.2, 0.25) is 0 Å². The molecule has 0 bridgehead atoms. The maximum Gasteiger partial charge on any atom is 0.0587 e. The van der Waals surface area contributed by atoms with Crippen LogP contribution in [0.5, 0.6) is 0 Å². The fourth-order valence-electron chi connectivity index (χ4n) is 1.80. The topological polar surface area (TPSA) is 21.3 Å². The summed E-state index contributed by atoms with van der Waals surface area (Å²) in [6.45, 7) is 4.17. The molecule has 0 aromatic rings. The predicted molar refractivity (Wildman–Crippen MR) is 46.7 cm³/mol. The molecule has 2 nitrogen and oxygen atoms in total. The van der Waals surface area contributed by atoms with Gasteiger partial charge in [0, 0.05) is 19.7 Å². The van der Waals surface area contributed by atoms with Crippen LogP contribution in [-0.2, 0) is 4.74 Å². The monoisotopic (exact) mass is 157 g/mol. The molecule has 1 fully saturated rings. The molecule has 66 valence electrons. The fraction of sp³-hybridized carbons (Fsp3) is 1.00. The van der Waals surface area contributed by atoms with Crippen LogP contribution < -0.4 is 5.32 Å². The van der Waals surface area contributed by atoms with Crippen LogP contribution in [-0.4, -0.2) is 26.3 Å². The van der Waals surface area contributed by atoms with Gasteiger partial charge in [0.05, 0.1) is 6.61 Å². The second-order valence-electron chi connectivity index (χ2n) is 3.46. The summed E-state index contributed by atoms with van der Waals surface area (Å²) in [6, 6.07) is 0.755. The lowest BCUT2D eigenvalue weighted by Gasteiger charge is -2.16. The van der Waals surface area contributed by atoms with Crippen LogP contribution in [0.15, 0.2) is 0 Å². The summed E-state index contributed by atoms with van der Waals surface area (Å²) < 4.78 is 4.97. The summed E-state index contributed by atoms with van der Waals surface area (Å²) in [5.41, 5.74) is 0. The molecule has 1 saturated carbocycles. The molecule has 1 rings (SSSR count). The normalized spacial score (nSPS) is 31.1. The van der Waals surface area contributed by atoms with E-state index >= 15 is 0 Å². The molecular formula is C9H19NO. The average molecular weight is 157 g/mol. The largest absolute Gasteiger partial charge is 0.383 e. The van der Waals surface area contributed by atoms with E-state index in [0.717, 1.165) is 25.1 Å². The van der Waals surface area contributed by atoms with Crippen molar-refractivity contribution >= 4 is 0 Å². The molecule has 0 aromatic heterocycles. The van der Waals surface area contributed by atoms with Crippen molar-refractivity contribution in [3.05, 3.63) is 0 Å². The van der Waals surface area contributed by atoms with E-state index in [0.29, 0.717) is 0 Å². The Hall–Kier alpha value is -0.0800. The number of methoxy groups -OCH3 is 1. The molecule has 2 heteroatoms. The minimum absolute atomic E-state index is 0.755. The minimum atomic E-state index is 0.755. The highest BCUT2D eigenvalue weighted by Gasteiger charge is 2.21. The first-order chi connectivity index (χ1) is 5.34. The molecule has 0 radical (unpaired) electrons. The van der Waals surface area contributed by atoms with Crippen LogP contribution in [0.4, 0.5) is 0 Å². The lowest BCUT2D eigenvalue weighted by molar-refractivity contribution is 0.193. The molecule has 0 amide bonds. The predicted octanol–water partition coefficient (Wildman–Crippen LogP) is 1.41. The highest BCUT2D eigenvalue weighted by atomic mass is 16.5. The smallest absolute Gasteiger partial charge is 0.0587 e. The maximum atomic E-state index is 4.97. The lowest BCUT2D eigenvalue weighted by atomic mass is 10.1. The summed E-state index contributed by atoms with van der Waals surface area (Å²) in [5.74, 6) is 0.867. The van der Waals surface area contributed by atoms with E-state index < -0.39 is 0 Å². The summed E-state index contributed by atoms with van der Waals surface area (Å²) in [7, 11) is 1.75. The summed E-state index contributed by atoms with van der Waals surface area (Å²) in [6.07, 6.45) is 4.14. The summed E-state index contributed by atoms with van der Waals surface area (Å²) in [5, 5.41) is 3.51.